The maximum atomic E-state index is 10.6. The van der Waals surface area contributed by atoms with Crippen LogP contribution in [0, 0.1) is 0 Å². The molecule has 2 rings (SSSR count). The fourth-order valence-electron chi connectivity index (χ4n) is 2.17. The summed E-state index contributed by atoms with van der Waals surface area (Å²) in [6, 6.07) is 6.37. The second-order valence-electron chi connectivity index (χ2n) is 4.61. The molecule has 1 aliphatic heterocycles. The minimum Gasteiger partial charge on any atom is -0.378 e. The van der Waals surface area contributed by atoms with Crippen molar-refractivity contribution in [3.05, 3.63) is 28.2 Å². The lowest BCUT2D eigenvalue weighted by Gasteiger charge is -2.30. The number of carbonyl (C=O) groups excluding carboxylic acids is 1. The number of morpholine rings is 1. The van der Waals surface area contributed by atoms with Crippen molar-refractivity contribution >= 4 is 27.9 Å². The number of hydrogen-bond acceptors (Lipinski definition) is 3. The average molecular weight is 312 g/mol. The minimum absolute atomic E-state index is 0.275. The molecule has 18 heavy (non-hydrogen) atoms. The van der Waals surface area contributed by atoms with Gasteiger partial charge in [0.1, 0.15) is 6.29 Å². The molecule has 0 spiro atoms. The van der Waals surface area contributed by atoms with E-state index in [1.807, 2.05) is 0 Å². The molecular formula is C14H18BrNO2. The van der Waals surface area contributed by atoms with Crippen molar-refractivity contribution in [3.8, 4) is 0 Å². The van der Waals surface area contributed by atoms with Gasteiger partial charge in [0, 0.05) is 24.0 Å². The summed E-state index contributed by atoms with van der Waals surface area (Å²) in [5.41, 5.74) is 2.41. The number of hydrogen-bond donors (Lipinski definition) is 0. The van der Waals surface area contributed by atoms with Crippen molar-refractivity contribution in [2.45, 2.75) is 19.3 Å². The van der Waals surface area contributed by atoms with E-state index in [0.29, 0.717) is 6.42 Å². The van der Waals surface area contributed by atoms with Gasteiger partial charge in [-0.1, -0.05) is 13.0 Å². The number of halogens is 1. The number of anilines is 1. The van der Waals surface area contributed by atoms with E-state index in [4.69, 9.17) is 4.74 Å². The maximum Gasteiger partial charge on any atom is 0.120 e. The van der Waals surface area contributed by atoms with Crippen LogP contribution in [0.15, 0.2) is 22.7 Å². The molecule has 0 bridgehead atoms. The van der Waals surface area contributed by atoms with Crippen molar-refractivity contribution in [1.82, 2.24) is 0 Å². The van der Waals surface area contributed by atoms with Gasteiger partial charge in [0.25, 0.3) is 0 Å². The zero-order valence-electron chi connectivity index (χ0n) is 10.6. The zero-order valence-corrected chi connectivity index (χ0v) is 12.1. The second kappa shape index (κ2) is 6.34. The van der Waals surface area contributed by atoms with Crippen LogP contribution in [0.3, 0.4) is 0 Å². The first-order valence-electron chi connectivity index (χ1n) is 6.28. The van der Waals surface area contributed by atoms with E-state index < -0.39 is 0 Å². The predicted molar refractivity (Wildman–Crippen MR) is 76.3 cm³/mol. The summed E-state index contributed by atoms with van der Waals surface area (Å²) in [6.07, 6.45) is 1.55. The quantitative estimate of drug-likeness (QED) is 0.801. The van der Waals surface area contributed by atoms with Gasteiger partial charge in [-0.25, -0.2) is 0 Å². The van der Waals surface area contributed by atoms with E-state index in [0.717, 1.165) is 37.1 Å². The topological polar surface area (TPSA) is 29.5 Å². The zero-order chi connectivity index (χ0) is 13.0. The van der Waals surface area contributed by atoms with Crippen LogP contribution in [0.25, 0.3) is 0 Å². The van der Waals surface area contributed by atoms with Crippen LogP contribution < -0.4 is 4.90 Å². The Bertz CT molecular complexity index is 416. The van der Waals surface area contributed by atoms with Crippen LogP contribution in [-0.4, -0.2) is 32.6 Å². The van der Waals surface area contributed by atoms with E-state index in [9.17, 15) is 4.79 Å². The summed E-state index contributed by atoms with van der Waals surface area (Å²) in [4.78, 5) is 12.9. The summed E-state index contributed by atoms with van der Waals surface area (Å²) in [7, 11) is 0. The Morgan fingerprint density at radius 3 is 2.78 bits per heavy atom. The molecule has 1 saturated heterocycles. The largest absolute Gasteiger partial charge is 0.378 e. The lowest BCUT2D eigenvalue weighted by Crippen LogP contribution is -2.36. The molecule has 1 aliphatic rings. The van der Waals surface area contributed by atoms with Gasteiger partial charge in [0.15, 0.2) is 0 Å². The molecule has 1 aromatic rings. The molecule has 0 aliphatic carbocycles. The van der Waals surface area contributed by atoms with Gasteiger partial charge >= 0.3 is 0 Å². The molecule has 0 N–H and O–H groups in total. The Kier molecular flexibility index (Phi) is 4.78. The fraction of sp³-hybridized carbons (Fsp3) is 0.500. The second-order valence-corrected chi connectivity index (χ2v) is 5.47. The third-order valence-corrected chi connectivity index (χ3v) is 3.98. The Labute approximate surface area is 116 Å². The molecule has 1 heterocycles. The number of rotatable bonds is 4. The van der Waals surface area contributed by atoms with Gasteiger partial charge in [0.05, 0.1) is 18.9 Å². The van der Waals surface area contributed by atoms with Crippen LogP contribution in [0.2, 0.25) is 0 Å². The Balaban J connectivity index is 2.16. The molecule has 98 valence electrons. The molecule has 0 radical (unpaired) electrons. The smallest absolute Gasteiger partial charge is 0.120 e. The first-order chi connectivity index (χ1) is 8.72. The number of ether oxygens (including phenoxy) is 1. The summed E-state index contributed by atoms with van der Waals surface area (Å²) < 4.78 is 6.46. The summed E-state index contributed by atoms with van der Waals surface area (Å²) in [5.74, 6) is 0.275. The molecule has 1 aromatic carbocycles. The Morgan fingerprint density at radius 1 is 1.44 bits per heavy atom. The number of benzene rings is 1. The van der Waals surface area contributed by atoms with Gasteiger partial charge in [-0.3, -0.25) is 0 Å². The highest BCUT2D eigenvalue weighted by molar-refractivity contribution is 9.10. The van der Waals surface area contributed by atoms with E-state index >= 15 is 0 Å². The van der Waals surface area contributed by atoms with Crippen molar-refractivity contribution in [2.75, 3.05) is 31.2 Å². The maximum absolute atomic E-state index is 10.6. The van der Waals surface area contributed by atoms with Gasteiger partial charge in [-0.2, -0.15) is 0 Å². The van der Waals surface area contributed by atoms with Crippen LogP contribution in [0.1, 0.15) is 24.8 Å². The lowest BCUT2D eigenvalue weighted by molar-refractivity contribution is -0.108. The van der Waals surface area contributed by atoms with Crippen molar-refractivity contribution in [1.29, 1.82) is 0 Å². The van der Waals surface area contributed by atoms with Gasteiger partial charge in [0.2, 0.25) is 0 Å². The Hall–Kier alpha value is -0.870. The minimum atomic E-state index is 0.275. The van der Waals surface area contributed by atoms with E-state index in [-0.39, 0.29) is 5.92 Å². The van der Waals surface area contributed by atoms with Crippen LogP contribution in [0.4, 0.5) is 5.69 Å². The standard InChI is InChI=1S/C14H18BrNO2/c1-11(4-7-17)12-2-3-14(13(15)10-12)16-5-8-18-9-6-16/h2-3,7,10-11H,4-6,8-9H2,1H3. The highest BCUT2D eigenvalue weighted by Crippen LogP contribution is 2.31. The number of nitrogens with zero attached hydrogens (tertiary/aromatic N) is 1. The Morgan fingerprint density at radius 2 is 2.17 bits per heavy atom. The van der Waals surface area contributed by atoms with Gasteiger partial charge in [-0.05, 0) is 39.5 Å². The molecule has 1 unspecified atom stereocenters. The number of aldehydes is 1. The molecule has 0 saturated carbocycles. The van der Waals surface area contributed by atoms with Crippen LogP contribution in [0.5, 0.6) is 0 Å². The highest BCUT2D eigenvalue weighted by atomic mass is 79.9. The molecule has 3 nitrogen and oxygen atoms in total. The summed E-state index contributed by atoms with van der Waals surface area (Å²) in [5, 5.41) is 0. The lowest BCUT2D eigenvalue weighted by atomic mass is 9.98. The van der Waals surface area contributed by atoms with Crippen LogP contribution in [-0.2, 0) is 9.53 Å². The normalized spacial score (nSPS) is 17.6. The first kappa shape index (κ1) is 13.6. The molecule has 1 atom stereocenters. The molecule has 0 aromatic heterocycles. The van der Waals surface area contributed by atoms with Gasteiger partial charge in [-0.15, -0.1) is 0 Å². The monoisotopic (exact) mass is 311 g/mol. The third-order valence-electron chi connectivity index (χ3n) is 3.34. The fourth-order valence-corrected chi connectivity index (χ4v) is 2.82. The first-order valence-corrected chi connectivity index (χ1v) is 7.07. The third kappa shape index (κ3) is 3.12. The predicted octanol–water partition coefficient (Wildman–Crippen LogP) is 2.98. The molecule has 1 fully saturated rings. The highest BCUT2D eigenvalue weighted by Gasteiger charge is 2.15. The molecule has 0 amide bonds. The van der Waals surface area contributed by atoms with Gasteiger partial charge < -0.3 is 14.4 Å². The van der Waals surface area contributed by atoms with Crippen molar-refractivity contribution < 1.29 is 9.53 Å². The molecular weight excluding hydrogens is 294 g/mol. The number of carbonyl (C=O) groups is 1. The van der Waals surface area contributed by atoms with Crippen molar-refractivity contribution in [2.24, 2.45) is 0 Å². The SMILES string of the molecule is CC(CC=O)c1ccc(N2CCOCC2)c(Br)c1. The van der Waals surface area contributed by atoms with Crippen molar-refractivity contribution in [3.63, 3.8) is 0 Å². The van der Waals surface area contributed by atoms with E-state index in [2.05, 4.69) is 46.0 Å². The van der Waals surface area contributed by atoms with E-state index in [1.165, 1.54) is 11.3 Å². The van der Waals surface area contributed by atoms with Crippen LogP contribution >= 0.6 is 15.9 Å². The van der Waals surface area contributed by atoms with E-state index in [1.54, 1.807) is 0 Å². The summed E-state index contributed by atoms with van der Waals surface area (Å²) >= 11 is 3.63. The average Bonchev–Trinajstić information content (AvgIpc) is 2.40. The molecule has 4 heteroatoms. The summed E-state index contributed by atoms with van der Waals surface area (Å²) in [6.45, 7) is 5.51.